The molecule has 100 valence electrons. The van der Waals surface area contributed by atoms with Gasteiger partial charge in [0.15, 0.2) is 0 Å². The van der Waals surface area contributed by atoms with Crippen molar-refractivity contribution in [2.75, 3.05) is 11.9 Å². The third-order valence-electron chi connectivity index (χ3n) is 2.70. The van der Waals surface area contributed by atoms with E-state index in [1.54, 1.807) is 6.07 Å². The number of aliphatic hydroxyl groups is 1. The van der Waals surface area contributed by atoms with Gasteiger partial charge in [0, 0.05) is 6.54 Å². The number of para-hydroxylation sites is 1. The van der Waals surface area contributed by atoms with Crippen LogP contribution in [0.2, 0.25) is 5.02 Å². The fraction of sp³-hybridized carbons (Fsp3) is 0.462. The molecule has 0 aromatic heterocycles. The van der Waals surface area contributed by atoms with Gasteiger partial charge in [0.25, 0.3) is 0 Å². The van der Waals surface area contributed by atoms with Crippen LogP contribution in [0.3, 0.4) is 0 Å². The number of benzene rings is 1. The Balaban J connectivity index is 2.55. The summed E-state index contributed by atoms with van der Waals surface area (Å²) in [7, 11) is 0. The van der Waals surface area contributed by atoms with Crippen LogP contribution >= 0.6 is 11.6 Å². The molecule has 0 heterocycles. The molecule has 3 N–H and O–H groups in total. The number of hydrogen-bond acceptors (Lipinski definition) is 2. The predicted octanol–water partition coefficient (Wildman–Crippen LogP) is 2.79. The summed E-state index contributed by atoms with van der Waals surface area (Å²) in [5.41, 5.74) is 1.48. The summed E-state index contributed by atoms with van der Waals surface area (Å²) in [5.74, 6) is 0.104. The van der Waals surface area contributed by atoms with Crippen molar-refractivity contribution in [3.05, 3.63) is 28.8 Å². The number of rotatable bonds is 4. The number of halogens is 1. The van der Waals surface area contributed by atoms with E-state index in [0.29, 0.717) is 10.7 Å². The fourth-order valence-corrected chi connectivity index (χ4v) is 1.65. The molecule has 0 bridgehead atoms. The van der Waals surface area contributed by atoms with E-state index in [1.807, 2.05) is 32.9 Å². The average molecular weight is 271 g/mol. The van der Waals surface area contributed by atoms with Crippen molar-refractivity contribution in [1.29, 1.82) is 0 Å². The van der Waals surface area contributed by atoms with Gasteiger partial charge in [-0.1, -0.05) is 37.6 Å². The maximum absolute atomic E-state index is 11.7. The van der Waals surface area contributed by atoms with E-state index in [0.717, 1.165) is 5.56 Å². The first-order valence-corrected chi connectivity index (χ1v) is 6.27. The largest absolute Gasteiger partial charge is 0.391 e. The molecular formula is C13H19ClN2O2. The number of hydrogen-bond donors (Lipinski definition) is 3. The smallest absolute Gasteiger partial charge is 0.319 e. The van der Waals surface area contributed by atoms with E-state index < -0.39 is 6.10 Å². The number of anilines is 1. The van der Waals surface area contributed by atoms with Crippen LogP contribution in [0.15, 0.2) is 18.2 Å². The second-order valence-electron chi connectivity index (χ2n) is 4.58. The third-order valence-corrected chi connectivity index (χ3v) is 3.02. The molecule has 1 aromatic rings. The number of aliphatic hydroxyl groups excluding tert-OH is 1. The molecule has 0 aliphatic heterocycles. The van der Waals surface area contributed by atoms with Gasteiger partial charge in [-0.15, -0.1) is 0 Å². The highest BCUT2D eigenvalue weighted by Gasteiger charge is 2.12. The van der Waals surface area contributed by atoms with Crippen LogP contribution in [-0.4, -0.2) is 23.8 Å². The summed E-state index contributed by atoms with van der Waals surface area (Å²) >= 11 is 5.99. The Labute approximate surface area is 112 Å². The van der Waals surface area contributed by atoms with Crippen LogP contribution in [0.1, 0.15) is 19.4 Å². The molecule has 0 aliphatic carbocycles. The minimum atomic E-state index is -0.553. The van der Waals surface area contributed by atoms with Crippen LogP contribution in [0.4, 0.5) is 10.5 Å². The van der Waals surface area contributed by atoms with Crippen molar-refractivity contribution in [3.63, 3.8) is 0 Å². The molecule has 18 heavy (non-hydrogen) atoms. The van der Waals surface area contributed by atoms with Crippen molar-refractivity contribution in [3.8, 4) is 0 Å². The molecule has 0 spiro atoms. The number of nitrogens with one attached hydrogen (secondary N) is 2. The molecule has 0 saturated heterocycles. The Morgan fingerprint density at radius 2 is 2.11 bits per heavy atom. The Morgan fingerprint density at radius 3 is 2.67 bits per heavy atom. The minimum absolute atomic E-state index is 0.104. The summed E-state index contributed by atoms with van der Waals surface area (Å²) in [4.78, 5) is 11.7. The highest BCUT2D eigenvalue weighted by molar-refractivity contribution is 6.33. The van der Waals surface area contributed by atoms with E-state index >= 15 is 0 Å². The lowest BCUT2D eigenvalue weighted by atomic mass is 10.1. The molecule has 0 radical (unpaired) electrons. The van der Waals surface area contributed by atoms with Gasteiger partial charge in [-0.3, -0.25) is 0 Å². The number of urea groups is 1. The molecule has 5 heteroatoms. The maximum atomic E-state index is 11.7. The molecular weight excluding hydrogens is 252 g/mol. The normalized spacial score (nSPS) is 12.3. The molecule has 0 saturated carbocycles. The fourth-order valence-electron chi connectivity index (χ4n) is 1.38. The van der Waals surface area contributed by atoms with Gasteiger partial charge >= 0.3 is 6.03 Å². The Morgan fingerprint density at radius 1 is 1.44 bits per heavy atom. The van der Waals surface area contributed by atoms with Crippen LogP contribution in [-0.2, 0) is 0 Å². The lowest BCUT2D eigenvalue weighted by molar-refractivity contribution is 0.126. The number of carbonyl (C=O) groups excluding carboxylic acids is 1. The second kappa shape index (κ2) is 6.61. The van der Waals surface area contributed by atoms with Crippen LogP contribution < -0.4 is 10.6 Å². The predicted molar refractivity (Wildman–Crippen MR) is 74.1 cm³/mol. The van der Waals surface area contributed by atoms with Crippen molar-refractivity contribution < 1.29 is 9.90 Å². The number of amides is 2. The highest BCUT2D eigenvalue weighted by Crippen LogP contribution is 2.24. The summed E-state index contributed by atoms with van der Waals surface area (Å²) < 4.78 is 0. The molecule has 4 nitrogen and oxygen atoms in total. The monoisotopic (exact) mass is 270 g/mol. The second-order valence-corrected chi connectivity index (χ2v) is 4.99. The van der Waals surface area contributed by atoms with Gasteiger partial charge in [0.1, 0.15) is 0 Å². The summed E-state index contributed by atoms with van der Waals surface area (Å²) in [6, 6.07) is 5.03. The zero-order chi connectivity index (χ0) is 13.7. The van der Waals surface area contributed by atoms with Crippen LogP contribution in [0, 0.1) is 12.8 Å². The lowest BCUT2D eigenvalue weighted by Crippen LogP contribution is -2.37. The Kier molecular flexibility index (Phi) is 5.44. The molecule has 0 aliphatic rings. The van der Waals surface area contributed by atoms with Gasteiger partial charge in [0.2, 0.25) is 0 Å². The molecule has 2 amide bonds. The van der Waals surface area contributed by atoms with E-state index in [9.17, 15) is 9.90 Å². The zero-order valence-electron chi connectivity index (χ0n) is 10.8. The summed E-state index contributed by atoms with van der Waals surface area (Å²) in [6.07, 6.45) is -0.553. The maximum Gasteiger partial charge on any atom is 0.319 e. The van der Waals surface area contributed by atoms with Crippen LogP contribution in [0.5, 0.6) is 0 Å². The summed E-state index contributed by atoms with van der Waals surface area (Å²) in [5, 5.41) is 15.4. The Hall–Kier alpha value is -1.26. The average Bonchev–Trinajstić information content (AvgIpc) is 2.30. The van der Waals surface area contributed by atoms with Gasteiger partial charge in [-0.25, -0.2) is 4.79 Å². The first kappa shape index (κ1) is 14.8. The first-order valence-electron chi connectivity index (χ1n) is 5.90. The van der Waals surface area contributed by atoms with Gasteiger partial charge < -0.3 is 15.7 Å². The van der Waals surface area contributed by atoms with Gasteiger partial charge in [-0.2, -0.15) is 0 Å². The zero-order valence-corrected chi connectivity index (χ0v) is 11.6. The number of aryl methyl sites for hydroxylation is 1. The van der Waals surface area contributed by atoms with Crippen molar-refractivity contribution >= 4 is 23.3 Å². The van der Waals surface area contributed by atoms with Crippen molar-refractivity contribution in [1.82, 2.24) is 5.32 Å². The van der Waals surface area contributed by atoms with E-state index in [1.165, 1.54) is 0 Å². The van der Waals surface area contributed by atoms with E-state index in [4.69, 9.17) is 11.6 Å². The topological polar surface area (TPSA) is 61.4 Å². The Bertz CT molecular complexity index is 401. The van der Waals surface area contributed by atoms with Gasteiger partial charge in [-0.05, 0) is 24.5 Å². The van der Waals surface area contributed by atoms with Crippen LogP contribution in [0.25, 0.3) is 0 Å². The number of carbonyl (C=O) groups is 1. The molecule has 0 unspecified atom stereocenters. The molecule has 1 rings (SSSR count). The first-order chi connectivity index (χ1) is 8.41. The lowest BCUT2D eigenvalue weighted by Gasteiger charge is -2.16. The van der Waals surface area contributed by atoms with E-state index in [2.05, 4.69) is 10.6 Å². The highest BCUT2D eigenvalue weighted by atomic mass is 35.5. The van der Waals surface area contributed by atoms with E-state index in [-0.39, 0.29) is 18.5 Å². The quantitative estimate of drug-likeness (QED) is 0.788. The molecule has 0 fully saturated rings. The SMILES string of the molecule is Cc1cccc(Cl)c1NC(=O)NC[C@@H](O)C(C)C. The van der Waals surface area contributed by atoms with Crippen molar-refractivity contribution in [2.45, 2.75) is 26.9 Å². The molecule has 1 atom stereocenters. The van der Waals surface area contributed by atoms with Crippen molar-refractivity contribution in [2.24, 2.45) is 5.92 Å². The van der Waals surface area contributed by atoms with Gasteiger partial charge in [0.05, 0.1) is 16.8 Å². The molecule has 1 aromatic carbocycles. The minimum Gasteiger partial charge on any atom is -0.391 e. The standard InChI is InChI=1S/C13H19ClN2O2/c1-8(2)11(17)7-15-13(18)16-12-9(3)5-4-6-10(12)14/h4-6,8,11,17H,7H2,1-3H3,(H2,15,16,18)/t11-/m1/s1. The summed E-state index contributed by atoms with van der Waals surface area (Å²) in [6.45, 7) is 5.86. The third kappa shape index (κ3) is 4.20.